The van der Waals surface area contributed by atoms with E-state index in [1.165, 1.54) is 41.6 Å². The number of carbonyl (C=O) groups is 1. The number of nitro benzene ring substituents is 1. The second-order valence-corrected chi connectivity index (χ2v) is 6.79. The van der Waals surface area contributed by atoms with E-state index in [0.29, 0.717) is 0 Å². The Morgan fingerprint density at radius 1 is 1.38 bits per heavy atom. The first-order valence-electron chi connectivity index (χ1n) is 6.90. The highest BCUT2D eigenvalue weighted by atomic mass is 32.2. The van der Waals surface area contributed by atoms with Crippen LogP contribution in [0.15, 0.2) is 41.0 Å². The minimum Gasteiger partial charge on any atom is -0.320 e. The second-order valence-electron chi connectivity index (χ2n) is 4.93. The number of thioether (sulfide) groups is 1. The largest absolute Gasteiger partial charge is 0.320 e. The highest BCUT2D eigenvalue weighted by Gasteiger charge is 2.16. The maximum Gasteiger partial charge on any atom is 0.293 e. The number of anilines is 1. The topological polar surface area (TPSA) is 98.0 Å². The summed E-state index contributed by atoms with van der Waals surface area (Å²) in [6.45, 7) is 1.76. The summed E-state index contributed by atoms with van der Waals surface area (Å²) in [6.07, 6.45) is 1.46. The van der Waals surface area contributed by atoms with Crippen molar-refractivity contribution in [3.05, 3.63) is 51.7 Å². The van der Waals surface area contributed by atoms with Crippen LogP contribution in [0.3, 0.4) is 0 Å². The van der Waals surface area contributed by atoms with E-state index in [4.69, 9.17) is 0 Å². The van der Waals surface area contributed by atoms with Gasteiger partial charge in [0.25, 0.3) is 5.69 Å². The van der Waals surface area contributed by atoms with Crippen LogP contribution in [-0.4, -0.2) is 26.6 Å². The van der Waals surface area contributed by atoms with Gasteiger partial charge in [0.2, 0.25) is 5.91 Å². The van der Waals surface area contributed by atoms with Crippen molar-refractivity contribution in [2.24, 2.45) is 0 Å². The minimum atomic E-state index is -0.505. The molecule has 0 bridgehead atoms. The lowest BCUT2D eigenvalue weighted by Crippen LogP contribution is -2.15. The van der Waals surface area contributed by atoms with Gasteiger partial charge in [0.05, 0.1) is 10.7 Å². The van der Waals surface area contributed by atoms with E-state index in [1.54, 1.807) is 13.0 Å². The fourth-order valence-electron chi connectivity index (χ4n) is 2.10. The highest BCUT2D eigenvalue weighted by Crippen LogP contribution is 2.29. The van der Waals surface area contributed by atoms with Gasteiger partial charge >= 0.3 is 0 Å². The first-order valence-corrected chi connectivity index (χ1v) is 8.77. The average Bonchev–Trinajstić information content (AvgIpc) is 3.03. The maximum atomic E-state index is 12.1. The number of amides is 1. The van der Waals surface area contributed by atoms with Crippen LogP contribution in [0.25, 0.3) is 10.2 Å². The number of aryl methyl sites for hydroxylation is 1. The summed E-state index contributed by atoms with van der Waals surface area (Å²) in [6, 6.07) is 6.60. The number of rotatable bonds is 5. The molecular weight excluding hydrogens is 348 g/mol. The number of nitro groups is 1. The molecule has 3 rings (SSSR count). The van der Waals surface area contributed by atoms with Crippen LogP contribution in [0.1, 0.15) is 5.56 Å². The van der Waals surface area contributed by atoms with E-state index < -0.39 is 4.92 Å². The van der Waals surface area contributed by atoms with E-state index in [9.17, 15) is 14.9 Å². The molecule has 1 N–H and O–H groups in total. The molecule has 0 aliphatic carbocycles. The number of carbonyl (C=O) groups excluding carboxylic acids is 1. The molecule has 0 radical (unpaired) electrons. The zero-order valence-corrected chi connectivity index (χ0v) is 14.2. The molecule has 0 aliphatic heterocycles. The lowest BCUT2D eigenvalue weighted by Gasteiger charge is -2.07. The first-order chi connectivity index (χ1) is 11.5. The Bertz CT molecular complexity index is 926. The molecule has 1 aromatic carbocycles. The monoisotopic (exact) mass is 360 g/mol. The van der Waals surface area contributed by atoms with Gasteiger partial charge in [0.1, 0.15) is 21.9 Å². The lowest BCUT2D eigenvalue weighted by atomic mass is 10.2. The summed E-state index contributed by atoms with van der Waals surface area (Å²) in [5.74, 6) is -0.221. The Morgan fingerprint density at radius 2 is 2.21 bits per heavy atom. The number of hydrogen-bond donors (Lipinski definition) is 1. The van der Waals surface area contributed by atoms with Crippen molar-refractivity contribution in [2.75, 3.05) is 11.1 Å². The summed E-state index contributed by atoms with van der Waals surface area (Å²) in [5, 5.41) is 17.2. The van der Waals surface area contributed by atoms with Crippen molar-refractivity contribution in [3.63, 3.8) is 0 Å². The zero-order valence-electron chi connectivity index (χ0n) is 12.6. The van der Waals surface area contributed by atoms with Gasteiger partial charge in [0.15, 0.2) is 0 Å². The number of thiophene rings is 1. The molecule has 9 heteroatoms. The third-order valence-corrected chi connectivity index (χ3v) is 5.02. The van der Waals surface area contributed by atoms with Gasteiger partial charge in [0, 0.05) is 11.5 Å². The maximum absolute atomic E-state index is 12.1. The fraction of sp³-hybridized carbons (Fsp3) is 0.133. The summed E-state index contributed by atoms with van der Waals surface area (Å²) in [4.78, 5) is 31.9. The highest BCUT2D eigenvalue weighted by molar-refractivity contribution is 8.00. The number of fused-ring (bicyclic) bond motifs is 1. The molecule has 7 nitrogen and oxygen atoms in total. The van der Waals surface area contributed by atoms with E-state index in [1.807, 2.05) is 11.4 Å². The van der Waals surface area contributed by atoms with Crippen molar-refractivity contribution in [1.82, 2.24) is 9.97 Å². The summed E-state index contributed by atoms with van der Waals surface area (Å²) >= 11 is 2.78. The Labute approximate surface area is 145 Å². The van der Waals surface area contributed by atoms with Crippen LogP contribution in [0.2, 0.25) is 0 Å². The third kappa shape index (κ3) is 3.52. The first kappa shape index (κ1) is 16.3. The van der Waals surface area contributed by atoms with Crippen molar-refractivity contribution in [2.45, 2.75) is 11.9 Å². The molecule has 3 aromatic rings. The number of nitrogens with one attached hydrogen (secondary N) is 1. The molecular formula is C15H12N4O3S2. The van der Waals surface area contributed by atoms with E-state index in [2.05, 4.69) is 15.3 Å². The van der Waals surface area contributed by atoms with Crippen molar-refractivity contribution in [3.8, 4) is 0 Å². The lowest BCUT2D eigenvalue weighted by molar-refractivity contribution is -0.384. The molecule has 1 amide bonds. The van der Waals surface area contributed by atoms with Gasteiger partial charge in [-0.3, -0.25) is 14.9 Å². The number of benzene rings is 1. The van der Waals surface area contributed by atoms with Crippen molar-refractivity contribution in [1.29, 1.82) is 0 Å². The summed E-state index contributed by atoms with van der Waals surface area (Å²) < 4.78 is 0. The van der Waals surface area contributed by atoms with Gasteiger partial charge in [-0.15, -0.1) is 11.3 Å². The van der Waals surface area contributed by atoms with Crippen LogP contribution < -0.4 is 5.32 Å². The van der Waals surface area contributed by atoms with Crippen LogP contribution in [-0.2, 0) is 4.79 Å². The summed E-state index contributed by atoms with van der Waals surface area (Å²) in [5.41, 5.74) is 0.838. The zero-order chi connectivity index (χ0) is 17.1. The molecule has 24 heavy (non-hydrogen) atoms. The SMILES string of the molecule is Cc1ccc(NC(=O)CSc2ncnc3sccc23)c([N+](=O)[O-])c1. The summed E-state index contributed by atoms with van der Waals surface area (Å²) in [7, 11) is 0. The Hall–Kier alpha value is -2.52. The molecule has 0 aliphatic rings. The van der Waals surface area contributed by atoms with E-state index >= 15 is 0 Å². The third-order valence-electron chi connectivity index (χ3n) is 3.19. The molecule has 0 spiro atoms. The molecule has 0 fully saturated rings. The van der Waals surface area contributed by atoms with Gasteiger partial charge in [-0.1, -0.05) is 17.8 Å². The normalized spacial score (nSPS) is 10.7. The molecule has 2 heterocycles. The minimum absolute atomic E-state index is 0.104. The van der Waals surface area contributed by atoms with Crippen molar-refractivity contribution < 1.29 is 9.72 Å². The molecule has 2 aromatic heterocycles. The van der Waals surface area contributed by atoms with E-state index in [-0.39, 0.29) is 23.0 Å². The predicted molar refractivity (Wildman–Crippen MR) is 94.6 cm³/mol. The number of aromatic nitrogens is 2. The van der Waals surface area contributed by atoms with E-state index in [0.717, 1.165) is 20.8 Å². The molecule has 122 valence electrons. The van der Waals surface area contributed by atoms with Crippen LogP contribution >= 0.6 is 23.1 Å². The van der Waals surface area contributed by atoms with Gasteiger partial charge in [-0.25, -0.2) is 9.97 Å². The Balaban J connectivity index is 1.70. The van der Waals surface area contributed by atoms with Gasteiger partial charge in [-0.05, 0) is 30.0 Å². The van der Waals surface area contributed by atoms with Crippen LogP contribution in [0.5, 0.6) is 0 Å². The Kier molecular flexibility index (Phi) is 4.72. The smallest absolute Gasteiger partial charge is 0.293 e. The fourth-order valence-corrected chi connectivity index (χ4v) is 3.68. The molecule has 0 unspecified atom stereocenters. The van der Waals surface area contributed by atoms with Crippen LogP contribution in [0, 0.1) is 17.0 Å². The second kappa shape index (κ2) is 6.93. The van der Waals surface area contributed by atoms with Gasteiger partial charge in [-0.2, -0.15) is 0 Å². The van der Waals surface area contributed by atoms with Crippen LogP contribution in [0.4, 0.5) is 11.4 Å². The average molecular weight is 360 g/mol. The standard InChI is InChI=1S/C15H12N4O3S2/c1-9-2-3-11(12(6-9)19(21)22)18-13(20)7-24-15-10-4-5-23-14(10)16-8-17-15/h2-6,8H,7H2,1H3,(H,18,20). The van der Waals surface area contributed by atoms with Gasteiger partial charge < -0.3 is 5.32 Å². The molecule has 0 saturated heterocycles. The quantitative estimate of drug-likeness (QED) is 0.323. The number of hydrogen-bond acceptors (Lipinski definition) is 7. The predicted octanol–water partition coefficient (Wildman–Crippen LogP) is 3.64. The molecule has 0 saturated carbocycles. The number of nitrogens with zero attached hydrogens (tertiary/aromatic N) is 3. The molecule has 0 atom stereocenters. The Morgan fingerprint density at radius 3 is 3.00 bits per heavy atom. The van der Waals surface area contributed by atoms with Crippen molar-refractivity contribution >= 4 is 50.6 Å².